The van der Waals surface area contributed by atoms with E-state index in [1.54, 1.807) is 0 Å². The van der Waals surface area contributed by atoms with Gasteiger partial charge in [0.2, 0.25) is 15.9 Å². The molecule has 0 bridgehead atoms. The van der Waals surface area contributed by atoms with E-state index in [2.05, 4.69) is 10.2 Å². The average Bonchev–Trinajstić information content (AvgIpc) is 3.26. The van der Waals surface area contributed by atoms with Gasteiger partial charge in [0, 0.05) is 36.0 Å². The molecule has 2 fully saturated rings. The maximum Gasteiger partial charge on any atom is 0.243 e. The molecule has 1 N–H and O–H groups in total. The third kappa shape index (κ3) is 4.46. The van der Waals surface area contributed by atoms with E-state index in [1.807, 2.05) is 24.3 Å². The van der Waals surface area contributed by atoms with E-state index in [0.717, 1.165) is 18.8 Å². The Bertz CT molecular complexity index is 990. The van der Waals surface area contributed by atoms with Crippen LogP contribution < -0.4 is 10.2 Å². The summed E-state index contributed by atoms with van der Waals surface area (Å²) in [6.07, 6.45) is 1.13. The van der Waals surface area contributed by atoms with Crippen molar-refractivity contribution in [1.82, 2.24) is 4.31 Å². The minimum atomic E-state index is -3.77. The molecule has 0 unspecified atom stereocenters. The van der Waals surface area contributed by atoms with Crippen molar-refractivity contribution in [2.45, 2.75) is 23.8 Å². The van der Waals surface area contributed by atoms with E-state index in [1.165, 1.54) is 28.6 Å². The Balaban J connectivity index is 1.45. The van der Waals surface area contributed by atoms with E-state index in [9.17, 15) is 13.2 Å². The van der Waals surface area contributed by atoms with Crippen molar-refractivity contribution in [3.63, 3.8) is 0 Å². The standard InChI is InChI=1S/C21H24ClN3O4S/c22-16-3-9-19(10-4-16)30(27,28)25-11-1-2-20(25)21(26)23-17-5-7-18(8-6-17)24-12-14-29-15-13-24/h3-10,20H,1-2,11-15H2,(H,23,26)/t20-/m1/s1. The maximum atomic E-state index is 13.0. The summed E-state index contributed by atoms with van der Waals surface area (Å²) in [5, 5.41) is 3.33. The van der Waals surface area contributed by atoms with Crippen molar-refractivity contribution in [1.29, 1.82) is 0 Å². The number of hydrogen-bond acceptors (Lipinski definition) is 5. The fraction of sp³-hybridized carbons (Fsp3) is 0.381. The van der Waals surface area contributed by atoms with Crippen LogP contribution in [-0.2, 0) is 19.6 Å². The van der Waals surface area contributed by atoms with Gasteiger partial charge in [-0.05, 0) is 61.4 Å². The van der Waals surface area contributed by atoms with Gasteiger partial charge in [-0.15, -0.1) is 0 Å². The van der Waals surface area contributed by atoms with E-state index in [0.29, 0.717) is 43.3 Å². The summed E-state index contributed by atoms with van der Waals surface area (Å²) in [4.78, 5) is 15.2. The molecule has 0 saturated carbocycles. The molecule has 1 atom stereocenters. The number of carbonyl (C=O) groups excluding carboxylic acids is 1. The van der Waals surface area contributed by atoms with Gasteiger partial charge in [-0.2, -0.15) is 4.31 Å². The van der Waals surface area contributed by atoms with Crippen LogP contribution in [-0.4, -0.2) is 57.5 Å². The average molecular weight is 450 g/mol. The largest absolute Gasteiger partial charge is 0.378 e. The topological polar surface area (TPSA) is 79.0 Å². The summed E-state index contributed by atoms with van der Waals surface area (Å²) in [5.41, 5.74) is 1.72. The zero-order chi connectivity index (χ0) is 21.1. The molecular formula is C21H24ClN3O4S. The molecule has 1 amide bonds. The summed E-state index contributed by atoms with van der Waals surface area (Å²) in [7, 11) is -3.77. The van der Waals surface area contributed by atoms with Crippen molar-refractivity contribution in [3.05, 3.63) is 53.6 Å². The molecule has 9 heteroatoms. The molecule has 2 aliphatic rings. The van der Waals surface area contributed by atoms with Crippen LogP contribution in [0.2, 0.25) is 5.02 Å². The van der Waals surface area contributed by atoms with Gasteiger partial charge in [-0.25, -0.2) is 8.42 Å². The van der Waals surface area contributed by atoms with Crippen LogP contribution in [0.25, 0.3) is 0 Å². The predicted octanol–water partition coefficient (Wildman–Crippen LogP) is 2.97. The van der Waals surface area contributed by atoms with Crippen LogP contribution in [0.4, 0.5) is 11.4 Å². The van der Waals surface area contributed by atoms with Crippen molar-refractivity contribution in [2.75, 3.05) is 43.1 Å². The molecule has 0 spiro atoms. The molecule has 0 aliphatic carbocycles. The molecule has 0 aromatic heterocycles. The van der Waals surface area contributed by atoms with Crippen LogP contribution >= 0.6 is 11.6 Å². The van der Waals surface area contributed by atoms with Gasteiger partial charge in [0.15, 0.2) is 0 Å². The maximum absolute atomic E-state index is 13.0. The molecule has 160 valence electrons. The molecule has 30 heavy (non-hydrogen) atoms. The van der Waals surface area contributed by atoms with Crippen molar-refractivity contribution in [3.8, 4) is 0 Å². The number of nitrogens with zero attached hydrogens (tertiary/aromatic N) is 2. The molecule has 0 radical (unpaired) electrons. The second-order valence-electron chi connectivity index (χ2n) is 7.36. The molecule has 2 aromatic rings. The molecule has 2 heterocycles. The molecular weight excluding hydrogens is 426 g/mol. The second kappa shape index (κ2) is 8.93. The fourth-order valence-electron chi connectivity index (χ4n) is 3.83. The van der Waals surface area contributed by atoms with Gasteiger partial charge in [-0.3, -0.25) is 4.79 Å². The van der Waals surface area contributed by atoms with Crippen LogP contribution in [0.5, 0.6) is 0 Å². The van der Waals surface area contributed by atoms with Crippen LogP contribution in [0, 0.1) is 0 Å². The molecule has 2 saturated heterocycles. The summed E-state index contributed by atoms with van der Waals surface area (Å²) in [6, 6.07) is 12.9. The van der Waals surface area contributed by atoms with E-state index >= 15 is 0 Å². The van der Waals surface area contributed by atoms with Crippen molar-refractivity contribution in [2.24, 2.45) is 0 Å². The minimum Gasteiger partial charge on any atom is -0.378 e. The van der Waals surface area contributed by atoms with Gasteiger partial charge in [0.05, 0.1) is 18.1 Å². The summed E-state index contributed by atoms with van der Waals surface area (Å²) < 4.78 is 32.7. The van der Waals surface area contributed by atoms with Crippen LogP contribution in [0.1, 0.15) is 12.8 Å². The highest BCUT2D eigenvalue weighted by Crippen LogP contribution is 2.28. The number of rotatable bonds is 5. The summed E-state index contributed by atoms with van der Waals surface area (Å²) in [6.45, 7) is 3.41. The number of ether oxygens (including phenoxy) is 1. The quantitative estimate of drug-likeness (QED) is 0.759. The lowest BCUT2D eigenvalue weighted by molar-refractivity contribution is -0.119. The van der Waals surface area contributed by atoms with Gasteiger partial charge < -0.3 is 15.0 Å². The van der Waals surface area contributed by atoms with Crippen LogP contribution in [0.3, 0.4) is 0 Å². The van der Waals surface area contributed by atoms with Gasteiger partial charge in [-0.1, -0.05) is 11.6 Å². The zero-order valence-corrected chi connectivity index (χ0v) is 18.0. The third-order valence-corrected chi connectivity index (χ3v) is 7.61. The number of anilines is 2. The van der Waals surface area contributed by atoms with E-state index < -0.39 is 16.1 Å². The van der Waals surface area contributed by atoms with Crippen molar-refractivity contribution >= 4 is 38.9 Å². The summed E-state index contributed by atoms with van der Waals surface area (Å²) in [5.74, 6) is -0.316. The second-order valence-corrected chi connectivity index (χ2v) is 9.69. The minimum absolute atomic E-state index is 0.140. The first kappa shape index (κ1) is 21.1. The smallest absolute Gasteiger partial charge is 0.243 e. The normalized spacial score (nSPS) is 20.3. The molecule has 2 aromatic carbocycles. The highest BCUT2D eigenvalue weighted by Gasteiger charge is 2.39. The number of amides is 1. The van der Waals surface area contributed by atoms with Gasteiger partial charge >= 0.3 is 0 Å². The Hall–Kier alpha value is -2.13. The monoisotopic (exact) mass is 449 g/mol. The lowest BCUT2D eigenvalue weighted by atomic mass is 10.2. The Kier molecular flexibility index (Phi) is 6.29. The number of nitrogens with one attached hydrogen (secondary N) is 1. The zero-order valence-electron chi connectivity index (χ0n) is 16.5. The molecule has 7 nitrogen and oxygen atoms in total. The van der Waals surface area contributed by atoms with Gasteiger partial charge in [0.25, 0.3) is 0 Å². The molecule has 2 aliphatic heterocycles. The number of carbonyl (C=O) groups is 1. The number of morpholine rings is 1. The van der Waals surface area contributed by atoms with E-state index in [-0.39, 0.29) is 10.8 Å². The first-order valence-electron chi connectivity index (χ1n) is 9.96. The Morgan fingerprint density at radius 2 is 1.67 bits per heavy atom. The Morgan fingerprint density at radius 3 is 2.33 bits per heavy atom. The predicted molar refractivity (Wildman–Crippen MR) is 116 cm³/mol. The highest BCUT2D eigenvalue weighted by molar-refractivity contribution is 7.89. The number of halogens is 1. The number of sulfonamides is 1. The lowest BCUT2D eigenvalue weighted by Crippen LogP contribution is -2.43. The molecule has 4 rings (SSSR count). The fourth-order valence-corrected chi connectivity index (χ4v) is 5.62. The summed E-state index contributed by atoms with van der Waals surface area (Å²) >= 11 is 5.87. The number of benzene rings is 2. The van der Waals surface area contributed by atoms with Gasteiger partial charge in [0.1, 0.15) is 6.04 Å². The Labute approximate surface area is 181 Å². The Morgan fingerprint density at radius 1 is 1.00 bits per heavy atom. The first-order valence-corrected chi connectivity index (χ1v) is 11.8. The SMILES string of the molecule is O=C(Nc1ccc(N2CCOCC2)cc1)[C@H]1CCCN1S(=O)(=O)c1ccc(Cl)cc1. The van der Waals surface area contributed by atoms with E-state index in [4.69, 9.17) is 16.3 Å². The van der Waals surface area contributed by atoms with Crippen molar-refractivity contribution < 1.29 is 17.9 Å². The van der Waals surface area contributed by atoms with Crippen LogP contribution in [0.15, 0.2) is 53.4 Å². The highest BCUT2D eigenvalue weighted by atomic mass is 35.5. The number of hydrogen-bond donors (Lipinski definition) is 1. The third-order valence-electron chi connectivity index (χ3n) is 5.44. The lowest BCUT2D eigenvalue weighted by Gasteiger charge is -2.29. The first-order chi connectivity index (χ1) is 14.4.